The molecule has 0 aliphatic rings. The summed E-state index contributed by atoms with van der Waals surface area (Å²) < 4.78 is -0.0218. The van der Waals surface area contributed by atoms with Crippen molar-refractivity contribution in [3.63, 3.8) is 0 Å². The average molecular weight is 252 g/mol. The van der Waals surface area contributed by atoms with Crippen LogP contribution in [-0.4, -0.2) is 20.2 Å². The third kappa shape index (κ3) is 1.65. The molecule has 0 radical (unpaired) electrons. The van der Waals surface area contributed by atoms with Crippen molar-refractivity contribution < 1.29 is 0 Å². The van der Waals surface area contributed by atoms with E-state index in [1.165, 1.54) is 4.80 Å². The maximum atomic E-state index is 4.07. The van der Waals surface area contributed by atoms with Crippen LogP contribution < -0.4 is 0 Å². The van der Waals surface area contributed by atoms with E-state index in [4.69, 9.17) is 0 Å². The topological polar surface area (TPSA) is 43.6 Å². The molecule has 0 saturated heterocycles. The van der Waals surface area contributed by atoms with Gasteiger partial charge in [0.05, 0.1) is 10.5 Å². The van der Waals surface area contributed by atoms with Gasteiger partial charge in [-0.3, -0.25) is 0 Å². The fourth-order valence-electron chi connectivity index (χ4n) is 0.522. The second-order valence-corrected chi connectivity index (χ2v) is 5.27. The molecule has 56 valence electrons. The lowest BCUT2D eigenvalue weighted by molar-refractivity contribution is 0.623. The van der Waals surface area contributed by atoms with Gasteiger partial charge >= 0.3 is 0 Å². The fourth-order valence-corrected chi connectivity index (χ4v) is 0.738. The molecule has 1 aromatic heterocycles. The van der Waals surface area contributed by atoms with E-state index in [1.807, 2.05) is 13.8 Å². The van der Waals surface area contributed by atoms with Crippen LogP contribution in [0.15, 0.2) is 0 Å². The molecule has 1 heterocycles. The van der Waals surface area contributed by atoms with E-state index in [2.05, 4.69) is 38.0 Å². The van der Waals surface area contributed by atoms with Gasteiger partial charge in [-0.05, 0) is 19.1 Å². The highest BCUT2D eigenvalue weighted by Gasteiger charge is 2.21. The van der Waals surface area contributed by atoms with Crippen molar-refractivity contribution in [2.24, 2.45) is 7.05 Å². The van der Waals surface area contributed by atoms with Crippen molar-refractivity contribution in [2.75, 3.05) is 0 Å². The molecule has 1 aromatic rings. The quantitative estimate of drug-likeness (QED) is 0.550. The summed E-state index contributed by atoms with van der Waals surface area (Å²) in [4.78, 5) is 1.47. The number of tetrazole rings is 1. The van der Waals surface area contributed by atoms with Crippen LogP contribution in [-0.2, 0) is 10.5 Å². The van der Waals surface area contributed by atoms with Gasteiger partial charge in [-0.2, -0.15) is 4.80 Å². The molecular weight excluding hydrogens is 243 g/mol. The summed E-state index contributed by atoms with van der Waals surface area (Å²) in [5, 5.41) is 11.7. The molecule has 5 heteroatoms. The molecular formula is C5H9IN4. The molecule has 0 fully saturated rings. The van der Waals surface area contributed by atoms with E-state index >= 15 is 0 Å². The van der Waals surface area contributed by atoms with Crippen LogP contribution in [0.2, 0.25) is 0 Å². The maximum absolute atomic E-state index is 4.07. The Kier molecular flexibility index (Phi) is 1.93. The van der Waals surface area contributed by atoms with Gasteiger partial charge in [-0.1, -0.05) is 22.6 Å². The normalized spacial score (nSPS) is 12.0. The Morgan fingerprint density at radius 1 is 1.50 bits per heavy atom. The highest BCUT2D eigenvalue weighted by molar-refractivity contribution is 14.1. The number of alkyl halides is 1. The molecule has 1 rings (SSSR count). The van der Waals surface area contributed by atoms with E-state index in [9.17, 15) is 0 Å². The van der Waals surface area contributed by atoms with Gasteiger partial charge in [0.1, 0.15) is 0 Å². The Bertz CT molecular complexity index is 224. The zero-order valence-electron chi connectivity index (χ0n) is 6.17. The van der Waals surface area contributed by atoms with Crippen molar-refractivity contribution >= 4 is 22.6 Å². The molecule has 0 bridgehead atoms. The fraction of sp³-hybridized carbons (Fsp3) is 0.800. The van der Waals surface area contributed by atoms with Crippen LogP contribution in [0, 0.1) is 0 Å². The Morgan fingerprint density at radius 2 is 2.10 bits per heavy atom. The van der Waals surface area contributed by atoms with Crippen molar-refractivity contribution in [3.8, 4) is 0 Å². The first-order chi connectivity index (χ1) is 4.50. The summed E-state index contributed by atoms with van der Waals surface area (Å²) >= 11 is 2.28. The molecule has 0 saturated carbocycles. The molecule has 0 aliphatic carbocycles. The third-order valence-corrected chi connectivity index (χ3v) is 1.52. The number of halogens is 1. The first-order valence-electron chi connectivity index (χ1n) is 2.93. The Balaban J connectivity index is 2.96. The van der Waals surface area contributed by atoms with Crippen molar-refractivity contribution in [1.82, 2.24) is 20.2 Å². The monoisotopic (exact) mass is 252 g/mol. The van der Waals surface area contributed by atoms with E-state index < -0.39 is 0 Å². The molecule has 0 spiro atoms. The second kappa shape index (κ2) is 2.44. The summed E-state index contributed by atoms with van der Waals surface area (Å²) in [5.41, 5.74) is 0. The predicted octanol–water partition coefficient (Wildman–Crippen LogP) is 0.880. The van der Waals surface area contributed by atoms with E-state index in [0.29, 0.717) is 0 Å². The highest BCUT2D eigenvalue weighted by atomic mass is 127. The number of aromatic nitrogens is 4. The van der Waals surface area contributed by atoms with Crippen LogP contribution in [0.4, 0.5) is 0 Å². The Hall–Kier alpha value is -0.200. The van der Waals surface area contributed by atoms with E-state index in [-0.39, 0.29) is 3.42 Å². The Labute approximate surface area is 73.1 Å². The van der Waals surface area contributed by atoms with Crippen molar-refractivity contribution in [1.29, 1.82) is 0 Å². The smallest absolute Gasteiger partial charge is 0.167 e. The summed E-state index contributed by atoms with van der Waals surface area (Å²) in [5.74, 6) is 0.774. The standard InChI is InChI=1S/C5H9IN4/c1-5(2,6)4-7-9-10(3)8-4/h1-3H3. The summed E-state index contributed by atoms with van der Waals surface area (Å²) in [6, 6.07) is 0. The van der Waals surface area contributed by atoms with Crippen LogP contribution in [0.5, 0.6) is 0 Å². The van der Waals surface area contributed by atoms with Gasteiger partial charge in [0.25, 0.3) is 0 Å². The van der Waals surface area contributed by atoms with E-state index in [1.54, 1.807) is 7.05 Å². The SMILES string of the molecule is Cn1nnc(C(C)(C)I)n1. The van der Waals surface area contributed by atoms with Crippen molar-refractivity contribution in [3.05, 3.63) is 5.82 Å². The van der Waals surface area contributed by atoms with Crippen LogP contribution >= 0.6 is 22.6 Å². The van der Waals surface area contributed by atoms with Crippen LogP contribution in [0.25, 0.3) is 0 Å². The molecule has 4 nitrogen and oxygen atoms in total. The van der Waals surface area contributed by atoms with Crippen LogP contribution in [0.3, 0.4) is 0 Å². The van der Waals surface area contributed by atoms with Gasteiger partial charge in [0.15, 0.2) is 5.82 Å². The van der Waals surface area contributed by atoms with E-state index in [0.717, 1.165) is 5.82 Å². The molecule has 0 aliphatic heterocycles. The van der Waals surface area contributed by atoms with Crippen molar-refractivity contribution in [2.45, 2.75) is 17.3 Å². The van der Waals surface area contributed by atoms with Gasteiger partial charge in [0, 0.05) is 0 Å². The number of hydrogen-bond donors (Lipinski definition) is 0. The molecule has 0 unspecified atom stereocenters. The minimum Gasteiger partial charge on any atom is -0.167 e. The molecule has 10 heavy (non-hydrogen) atoms. The van der Waals surface area contributed by atoms with Gasteiger partial charge in [-0.25, -0.2) is 0 Å². The zero-order valence-corrected chi connectivity index (χ0v) is 8.32. The van der Waals surface area contributed by atoms with Gasteiger partial charge in [-0.15, -0.1) is 10.2 Å². The van der Waals surface area contributed by atoms with Gasteiger partial charge in [0.2, 0.25) is 0 Å². The largest absolute Gasteiger partial charge is 0.190 e. The number of rotatable bonds is 1. The highest BCUT2D eigenvalue weighted by Crippen LogP contribution is 2.26. The lowest BCUT2D eigenvalue weighted by Crippen LogP contribution is -2.09. The molecule has 0 aromatic carbocycles. The first-order valence-corrected chi connectivity index (χ1v) is 4.01. The third-order valence-electron chi connectivity index (χ3n) is 1.04. The predicted molar refractivity (Wildman–Crippen MR) is 45.8 cm³/mol. The maximum Gasteiger partial charge on any atom is 0.190 e. The summed E-state index contributed by atoms with van der Waals surface area (Å²) in [6.45, 7) is 4.09. The summed E-state index contributed by atoms with van der Waals surface area (Å²) in [7, 11) is 1.76. The molecule has 0 amide bonds. The minimum atomic E-state index is -0.0218. The first kappa shape index (κ1) is 7.90. The molecule has 0 N–H and O–H groups in total. The summed E-state index contributed by atoms with van der Waals surface area (Å²) in [6.07, 6.45) is 0. The van der Waals surface area contributed by atoms with Crippen LogP contribution in [0.1, 0.15) is 19.7 Å². The number of nitrogens with zero attached hydrogens (tertiary/aromatic N) is 4. The lowest BCUT2D eigenvalue weighted by Gasteiger charge is -2.08. The number of hydrogen-bond acceptors (Lipinski definition) is 3. The second-order valence-electron chi connectivity index (χ2n) is 2.57. The van der Waals surface area contributed by atoms with Gasteiger partial charge < -0.3 is 0 Å². The minimum absolute atomic E-state index is 0.0218. The lowest BCUT2D eigenvalue weighted by atomic mass is 10.2. The number of aryl methyl sites for hydroxylation is 1. The average Bonchev–Trinajstić information content (AvgIpc) is 2.11. The molecule has 0 atom stereocenters. The Morgan fingerprint density at radius 3 is 2.30 bits per heavy atom. The zero-order chi connectivity index (χ0) is 7.78.